The molecular weight excluding hydrogens is 404 g/mol. The smallest absolute Gasteiger partial charge is 0.270 e. The van der Waals surface area contributed by atoms with Gasteiger partial charge in [-0.15, -0.1) is 0 Å². The summed E-state index contributed by atoms with van der Waals surface area (Å²) in [5.41, 5.74) is 2.46. The molecule has 0 unspecified atom stereocenters. The van der Waals surface area contributed by atoms with Crippen molar-refractivity contribution < 1.29 is 13.2 Å². The number of anilines is 2. The number of hydrogen-bond acceptors (Lipinski definition) is 6. The van der Waals surface area contributed by atoms with Crippen molar-refractivity contribution in [3.8, 4) is 0 Å². The normalized spacial score (nSPS) is 12.0. The number of rotatable bonds is 7. The van der Waals surface area contributed by atoms with Crippen molar-refractivity contribution in [1.29, 1.82) is 0 Å². The van der Waals surface area contributed by atoms with Crippen LogP contribution in [-0.4, -0.2) is 53.9 Å². The fraction of sp³-hybridized carbons (Fsp3) is 0.350. The zero-order valence-corrected chi connectivity index (χ0v) is 18.5. The highest BCUT2D eigenvalue weighted by atomic mass is 32.2. The number of carbonyl (C=O) groups excluding carboxylic acids is 1. The Morgan fingerprint density at radius 2 is 1.87 bits per heavy atom. The second-order valence-corrected chi connectivity index (χ2v) is 9.46. The van der Waals surface area contributed by atoms with Crippen LogP contribution in [0.1, 0.15) is 42.7 Å². The number of hydrogen-bond donors (Lipinski definition) is 2. The molecule has 30 heavy (non-hydrogen) atoms. The molecule has 0 spiro atoms. The zero-order valence-electron chi connectivity index (χ0n) is 17.7. The Morgan fingerprint density at radius 1 is 1.20 bits per heavy atom. The highest BCUT2D eigenvalue weighted by molar-refractivity contribution is 7.89. The molecule has 1 aromatic carbocycles. The summed E-state index contributed by atoms with van der Waals surface area (Å²) in [6, 6.07) is 8.02. The molecule has 1 amide bonds. The molecule has 0 saturated carbocycles. The molecule has 0 aliphatic rings. The number of fused-ring (bicyclic) bond motifs is 1. The maximum Gasteiger partial charge on any atom is 0.270 e. The van der Waals surface area contributed by atoms with Crippen LogP contribution in [0.4, 0.5) is 11.5 Å². The molecule has 0 saturated heterocycles. The maximum absolute atomic E-state index is 12.4. The van der Waals surface area contributed by atoms with E-state index in [0.29, 0.717) is 23.7 Å². The van der Waals surface area contributed by atoms with E-state index in [1.165, 1.54) is 26.2 Å². The van der Waals surface area contributed by atoms with Gasteiger partial charge in [-0.05, 0) is 37.1 Å². The Bertz CT molecular complexity index is 1170. The van der Waals surface area contributed by atoms with Crippen LogP contribution in [-0.2, 0) is 10.0 Å². The van der Waals surface area contributed by atoms with Crippen LogP contribution in [0.15, 0.2) is 41.4 Å². The molecule has 2 heterocycles. The summed E-state index contributed by atoms with van der Waals surface area (Å²) in [4.78, 5) is 17.1. The standard InChI is InChI=1S/C20H26N6O3S/c1-6-21-20(27)17-11-18(26-19(24-17)16(12-22-26)13(2)3)23-14-7-9-15(10-8-14)30(28,29)25(4)5/h7-13,23H,6H2,1-5H3,(H,21,27). The van der Waals surface area contributed by atoms with Gasteiger partial charge < -0.3 is 10.6 Å². The minimum Gasteiger partial charge on any atom is -0.351 e. The third kappa shape index (κ3) is 4.14. The van der Waals surface area contributed by atoms with E-state index in [-0.39, 0.29) is 22.4 Å². The van der Waals surface area contributed by atoms with E-state index in [4.69, 9.17) is 0 Å². The van der Waals surface area contributed by atoms with Gasteiger partial charge >= 0.3 is 0 Å². The molecule has 10 heteroatoms. The average Bonchev–Trinajstić information content (AvgIpc) is 3.13. The predicted molar refractivity (Wildman–Crippen MR) is 116 cm³/mol. The first-order valence-electron chi connectivity index (χ1n) is 9.61. The molecule has 2 aromatic heterocycles. The predicted octanol–water partition coefficient (Wildman–Crippen LogP) is 2.60. The highest BCUT2D eigenvalue weighted by Gasteiger charge is 2.19. The van der Waals surface area contributed by atoms with E-state index in [1.54, 1.807) is 28.9 Å². The van der Waals surface area contributed by atoms with Crippen molar-refractivity contribution in [2.24, 2.45) is 0 Å². The Morgan fingerprint density at radius 3 is 2.43 bits per heavy atom. The van der Waals surface area contributed by atoms with Gasteiger partial charge in [0.2, 0.25) is 10.0 Å². The summed E-state index contributed by atoms with van der Waals surface area (Å²) in [6.45, 7) is 6.41. The fourth-order valence-corrected chi connectivity index (χ4v) is 3.81. The molecule has 3 aromatic rings. The summed E-state index contributed by atoms with van der Waals surface area (Å²) in [5.74, 6) is 0.464. The number of nitrogens with zero attached hydrogens (tertiary/aromatic N) is 4. The van der Waals surface area contributed by atoms with Crippen LogP contribution in [0, 0.1) is 0 Å². The van der Waals surface area contributed by atoms with Crippen molar-refractivity contribution in [1.82, 2.24) is 24.2 Å². The van der Waals surface area contributed by atoms with Gasteiger partial charge in [0, 0.05) is 38.0 Å². The summed E-state index contributed by atoms with van der Waals surface area (Å²) in [6.07, 6.45) is 1.74. The SMILES string of the molecule is CCNC(=O)c1cc(Nc2ccc(S(=O)(=O)N(C)C)cc2)n2ncc(C(C)C)c2n1. The number of nitrogens with one attached hydrogen (secondary N) is 2. The van der Waals surface area contributed by atoms with Crippen LogP contribution in [0.25, 0.3) is 5.65 Å². The van der Waals surface area contributed by atoms with Crippen molar-refractivity contribution in [2.45, 2.75) is 31.6 Å². The van der Waals surface area contributed by atoms with E-state index in [1.807, 2.05) is 20.8 Å². The van der Waals surface area contributed by atoms with Gasteiger partial charge in [0.1, 0.15) is 11.5 Å². The Balaban J connectivity index is 2.04. The lowest BCUT2D eigenvalue weighted by atomic mass is 10.1. The average molecular weight is 431 g/mol. The molecule has 0 fully saturated rings. The molecule has 0 bridgehead atoms. The van der Waals surface area contributed by atoms with Crippen LogP contribution >= 0.6 is 0 Å². The van der Waals surface area contributed by atoms with Crippen LogP contribution in [0.2, 0.25) is 0 Å². The molecule has 0 atom stereocenters. The quantitative estimate of drug-likeness (QED) is 0.596. The maximum atomic E-state index is 12.4. The molecule has 0 aliphatic heterocycles. The number of carbonyl (C=O) groups is 1. The summed E-state index contributed by atoms with van der Waals surface area (Å²) in [5, 5.41) is 10.4. The highest BCUT2D eigenvalue weighted by Crippen LogP contribution is 2.25. The van der Waals surface area contributed by atoms with E-state index in [0.717, 1.165) is 9.87 Å². The number of sulfonamides is 1. The summed E-state index contributed by atoms with van der Waals surface area (Å²) >= 11 is 0. The van der Waals surface area contributed by atoms with Gasteiger partial charge in [-0.1, -0.05) is 13.8 Å². The van der Waals surface area contributed by atoms with Crippen molar-refractivity contribution >= 4 is 33.1 Å². The third-order valence-electron chi connectivity index (χ3n) is 4.60. The van der Waals surface area contributed by atoms with Crippen molar-refractivity contribution in [3.05, 3.63) is 47.8 Å². The number of benzene rings is 1. The largest absolute Gasteiger partial charge is 0.351 e. The molecular formula is C20H26N6O3S. The summed E-state index contributed by atoms with van der Waals surface area (Å²) < 4.78 is 27.3. The lowest BCUT2D eigenvalue weighted by Crippen LogP contribution is -2.24. The van der Waals surface area contributed by atoms with Gasteiger partial charge in [0.25, 0.3) is 5.91 Å². The molecule has 3 rings (SSSR count). The fourth-order valence-electron chi connectivity index (χ4n) is 2.91. The molecule has 160 valence electrons. The zero-order chi connectivity index (χ0) is 22.1. The van der Waals surface area contributed by atoms with Crippen molar-refractivity contribution in [3.63, 3.8) is 0 Å². The Labute approximate surface area is 176 Å². The topological polar surface area (TPSA) is 109 Å². The van der Waals surface area contributed by atoms with E-state index < -0.39 is 10.0 Å². The molecule has 2 N–H and O–H groups in total. The van der Waals surface area contributed by atoms with Gasteiger partial charge in [-0.25, -0.2) is 17.7 Å². The van der Waals surface area contributed by atoms with E-state index >= 15 is 0 Å². The third-order valence-corrected chi connectivity index (χ3v) is 6.43. The minimum atomic E-state index is -3.51. The minimum absolute atomic E-state index is 0.183. The first kappa shape index (κ1) is 21.7. The first-order chi connectivity index (χ1) is 14.1. The monoisotopic (exact) mass is 430 g/mol. The second kappa shape index (κ2) is 8.41. The number of amides is 1. The van der Waals surface area contributed by atoms with E-state index in [2.05, 4.69) is 20.7 Å². The Hall–Kier alpha value is -2.98. The van der Waals surface area contributed by atoms with Gasteiger partial charge in [-0.3, -0.25) is 4.79 Å². The lowest BCUT2D eigenvalue weighted by Gasteiger charge is -2.13. The second-order valence-electron chi connectivity index (χ2n) is 7.31. The molecule has 9 nitrogen and oxygen atoms in total. The van der Waals surface area contributed by atoms with Gasteiger partial charge in [-0.2, -0.15) is 9.61 Å². The van der Waals surface area contributed by atoms with Crippen molar-refractivity contribution in [2.75, 3.05) is 26.0 Å². The van der Waals surface area contributed by atoms with Gasteiger partial charge in [0.05, 0.1) is 11.1 Å². The van der Waals surface area contributed by atoms with Gasteiger partial charge in [0.15, 0.2) is 5.65 Å². The van der Waals surface area contributed by atoms with Crippen LogP contribution < -0.4 is 10.6 Å². The molecule has 0 radical (unpaired) electrons. The Kier molecular flexibility index (Phi) is 6.09. The lowest BCUT2D eigenvalue weighted by molar-refractivity contribution is 0.0951. The first-order valence-corrected chi connectivity index (χ1v) is 11.1. The van der Waals surface area contributed by atoms with E-state index in [9.17, 15) is 13.2 Å². The number of aromatic nitrogens is 3. The van der Waals surface area contributed by atoms with Crippen LogP contribution in [0.3, 0.4) is 0 Å². The summed E-state index contributed by atoms with van der Waals surface area (Å²) in [7, 11) is -0.530. The van der Waals surface area contributed by atoms with Crippen LogP contribution in [0.5, 0.6) is 0 Å². The molecule has 0 aliphatic carbocycles.